The lowest BCUT2D eigenvalue weighted by Crippen LogP contribution is -1.99. The van der Waals surface area contributed by atoms with Gasteiger partial charge in [-0.2, -0.15) is 0 Å². The zero-order valence-electron chi connectivity index (χ0n) is 12.4. The summed E-state index contributed by atoms with van der Waals surface area (Å²) in [5, 5.41) is 5.08. The molecular weight excluding hydrogens is 308 g/mol. The van der Waals surface area contributed by atoms with E-state index in [1.807, 2.05) is 30.3 Å². The Labute approximate surface area is 138 Å². The van der Waals surface area contributed by atoms with Gasteiger partial charge >= 0.3 is 0 Å². The Morgan fingerprint density at radius 2 is 2.00 bits per heavy atom. The van der Waals surface area contributed by atoms with Crippen LogP contribution in [0, 0.1) is 0 Å². The second-order valence-electron chi connectivity index (χ2n) is 5.46. The van der Waals surface area contributed by atoms with Gasteiger partial charge < -0.3 is 15.8 Å². The van der Waals surface area contributed by atoms with Gasteiger partial charge in [-0.05, 0) is 18.9 Å². The fourth-order valence-corrected chi connectivity index (χ4v) is 3.15. The van der Waals surface area contributed by atoms with Gasteiger partial charge in [-0.3, -0.25) is 0 Å². The highest BCUT2D eigenvalue weighted by atomic mass is 32.1. The van der Waals surface area contributed by atoms with E-state index in [1.165, 1.54) is 24.2 Å². The predicted molar refractivity (Wildman–Crippen MR) is 92.9 cm³/mol. The first-order valence-electron chi connectivity index (χ1n) is 7.50. The maximum Gasteiger partial charge on any atom is 0.210 e. The van der Waals surface area contributed by atoms with Crippen LogP contribution in [0.15, 0.2) is 48.7 Å². The molecule has 1 aliphatic carbocycles. The first-order valence-corrected chi connectivity index (χ1v) is 8.32. The molecule has 4 rings (SSSR count). The monoisotopic (exact) mass is 324 g/mol. The quantitative estimate of drug-likeness (QED) is 0.737. The summed E-state index contributed by atoms with van der Waals surface area (Å²) < 4.78 is 6.02. The van der Waals surface area contributed by atoms with Crippen LogP contribution in [-0.4, -0.2) is 16.0 Å². The average molecular weight is 324 g/mol. The van der Waals surface area contributed by atoms with E-state index in [4.69, 9.17) is 15.5 Å². The number of nitrogen functional groups attached to an aromatic ring is 1. The molecule has 1 aromatic carbocycles. The van der Waals surface area contributed by atoms with Crippen LogP contribution in [0.4, 0.5) is 10.9 Å². The molecule has 6 heteroatoms. The summed E-state index contributed by atoms with van der Waals surface area (Å²) in [6.07, 6.45) is 4.05. The minimum atomic E-state index is 0.435. The molecule has 0 bridgehead atoms. The maximum absolute atomic E-state index is 6.02. The minimum Gasteiger partial charge on any atom is -0.444 e. The van der Waals surface area contributed by atoms with Gasteiger partial charge in [-0.25, -0.2) is 9.97 Å². The lowest BCUT2D eigenvalue weighted by Gasteiger charge is -2.05. The van der Waals surface area contributed by atoms with E-state index in [9.17, 15) is 0 Å². The Balaban J connectivity index is 1.69. The predicted octanol–water partition coefficient (Wildman–Crippen LogP) is 4.15. The summed E-state index contributed by atoms with van der Waals surface area (Å²) >= 11 is 1.52. The molecule has 2 heterocycles. The summed E-state index contributed by atoms with van der Waals surface area (Å²) in [5.74, 6) is 1.10. The Hall–Kier alpha value is -2.60. The number of nitrogens with zero attached hydrogens (tertiary/aromatic N) is 2. The van der Waals surface area contributed by atoms with E-state index in [2.05, 4.69) is 10.3 Å². The van der Waals surface area contributed by atoms with E-state index in [0.29, 0.717) is 17.6 Å². The van der Waals surface area contributed by atoms with E-state index in [-0.39, 0.29) is 0 Å². The average Bonchev–Trinajstić information content (AvgIpc) is 3.28. The Morgan fingerprint density at radius 3 is 2.74 bits per heavy atom. The summed E-state index contributed by atoms with van der Waals surface area (Å²) in [6, 6.07) is 14.1. The van der Waals surface area contributed by atoms with Crippen LogP contribution in [0.2, 0.25) is 0 Å². The van der Waals surface area contributed by atoms with Gasteiger partial charge in [-0.1, -0.05) is 41.7 Å². The Morgan fingerprint density at radius 1 is 1.17 bits per heavy atom. The second kappa shape index (κ2) is 5.89. The summed E-state index contributed by atoms with van der Waals surface area (Å²) in [5.41, 5.74) is 7.60. The molecule has 0 unspecified atom stereocenters. The van der Waals surface area contributed by atoms with E-state index < -0.39 is 0 Å². The van der Waals surface area contributed by atoms with Gasteiger partial charge in [0.05, 0.1) is 0 Å². The van der Waals surface area contributed by atoms with Crippen LogP contribution in [0.25, 0.3) is 11.3 Å². The SMILES string of the molecule is Nc1cc(Oc2sc(NC3CC3)nc2-c2ccccc2)ccn1. The smallest absolute Gasteiger partial charge is 0.210 e. The Kier molecular flexibility index (Phi) is 3.59. The summed E-state index contributed by atoms with van der Waals surface area (Å²) in [6.45, 7) is 0. The molecule has 0 amide bonds. The van der Waals surface area contributed by atoms with Crippen LogP contribution in [0.1, 0.15) is 12.8 Å². The molecule has 0 saturated heterocycles. The molecule has 3 aromatic rings. The van der Waals surface area contributed by atoms with Crippen molar-refractivity contribution in [3.63, 3.8) is 0 Å². The third-order valence-electron chi connectivity index (χ3n) is 3.51. The van der Waals surface area contributed by atoms with Crippen molar-refractivity contribution in [1.29, 1.82) is 0 Å². The van der Waals surface area contributed by atoms with Crippen LogP contribution < -0.4 is 15.8 Å². The van der Waals surface area contributed by atoms with Crippen molar-refractivity contribution in [2.75, 3.05) is 11.1 Å². The number of hydrogen-bond donors (Lipinski definition) is 2. The number of thiazole rings is 1. The molecule has 0 spiro atoms. The second-order valence-corrected chi connectivity index (χ2v) is 6.42. The highest BCUT2D eigenvalue weighted by Crippen LogP contribution is 2.41. The first-order chi connectivity index (χ1) is 11.3. The van der Waals surface area contributed by atoms with Crippen molar-refractivity contribution >= 4 is 22.3 Å². The molecule has 1 saturated carbocycles. The number of aromatic nitrogens is 2. The van der Waals surface area contributed by atoms with E-state index in [0.717, 1.165) is 21.5 Å². The standard InChI is InChI=1S/C17H16N4OS/c18-14-10-13(8-9-19-14)22-16-15(11-4-2-1-3-5-11)21-17(23-16)20-12-6-7-12/h1-5,8-10,12H,6-7H2,(H2,18,19)(H,20,21). The molecule has 0 atom stereocenters. The largest absolute Gasteiger partial charge is 0.444 e. The van der Waals surface area contributed by atoms with E-state index >= 15 is 0 Å². The van der Waals surface area contributed by atoms with Crippen LogP contribution >= 0.6 is 11.3 Å². The summed E-state index contributed by atoms with van der Waals surface area (Å²) in [4.78, 5) is 8.70. The lowest BCUT2D eigenvalue weighted by molar-refractivity contribution is 0.496. The number of ether oxygens (including phenoxy) is 1. The zero-order chi connectivity index (χ0) is 15.6. The third kappa shape index (κ3) is 3.27. The zero-order valence-corrected chi connectivity index (χ0v) is 13.2. The first kappa shape index (κ1) is 14.0. The van der Waals surface area contributed by atoms with Crippen LogP contribution in [0.5, 0.6) is 10.8 Å². The molecular formula is C17H16N4OS. The number of hydrogen-bond acceptors (Lipinski definition) is 6. The molecule has 0 radical (unpaired) electrons. The molecule has 2 aromatic heterocycles. The number of nitrogens with one attached hydrogen (secondary N) is 1. The van der Waals surface area contributed by atoms with E-state index in [1.54, 1.807) is 18.3 Å². The highest BCUT2D eigenvalue weighted by Gasteiger charge is 2.24. The van der Waals surface area contributed by atoms with Crippen molar-refractivity contribution in [3.8, 4) is 22.1 Å². The van der Waals surface area contributed by atoms with Crippen molar-refractivity contribution in [2.45, 2.75) is 18.9 Å². The number of anilines is 2. The van der Waals surface area contributed by atoms with Gasteiger partial charge in [0.25, 0.3) is 0 Å². The molecule has 1 fully saturated rings. The minimum absolute atomic E-state index is 0.435. The molecule has 3 N–H and O–H groups in total. The molecule has 1 aliphatic rings. The van der Waals surface area contributed by atoms with Crippen molar-refractivity contribution in [1.82, 2.24) is 9.97 Å². The highest BCUT2D eigenvalue weighted by molar-refractivity contribution is 7.17. The van der Waals surface area contributed by atoms with Gasteiger partial charge in [0.15, 0.2) is 5.13 Å². The third-order valence-corrected chi connectivity index (χ3v) is 4.38. The fourth-order valence-electron chi connectivity index (χ4n) is 2.22. The number of nitrogens with two attached hydrogens (primary N) is 1. The molecule has 23 heavy (non-hydrogen) atoms. The number of rotatable bonds is 5. The van der Waals surface area contributed by atoms with Crippen molar-refractivity contribution in [2.24, 2.45) is 0 Å². The molecule has 116 valence electrons. The van der Waals surface area contributed by atoms with Crippen molar-refractivity contribution in [3.05, 3.63) is 48.7 Å². The van der Waals surface area contributed by atoms with Crippen LogP contribution in [-0.2, 0) is 0 Å². The van der Waals surface area contributed by atoms with Crippen LogP contribution in [0.3, 0.4) is 0 Å². The molecule has 0 aliphatic heterocycles. The van der Waals surface area contributed by atoms with Gasteiger partial charge in [0, 0.05) is 23.9 Å². The van der Waals surface area contributed by atoms with Gasteiger partial charge in [0.2, 0.25) is 5.06 Å². The lowest BCUT2D eigenvalue weighted by atomic mass is 10.2. The Bertz CT molecular complexity index is 814. The topological polar surface area (TPSA) is 73.1 Å². The van der Waals surface area contributed by atoms with Gasteiger partial charge in [-0.15, -0.1) is 0 Å². The van der Waals surface area contributed by atoms with Gasteiger partial charge in [0.1, 0.15) is 17.3 Å². The fraction of sp³-hybridized carbons (Fsp3) is 0.176. The number of benzene rings is 1. The number of pyridine rings is 1. The molecule has 5 nitrogen and oxygen atoms in total. The summed E-state index contributed by atoms with van der Waals surface area (Å²) in [7, 11) is 0. The van der Waals surface area contributed by atoms with Crippen molar-refractivity contribution < 1.29 is 4.74 Å². The maximum atomic E-state index is 6.02. The normalized spacial score (nSPS) is 13.7.